The summed E-state index contributed by atoms with van der Waals surface area (Å²) in [5, 5.41) is 0. The Kier molecular flexibility index (Phi) is 2.66. The van der Waals surface area contributed by atoms with Crippen LogP contribution in [0.25, 0.3) is 0 Å². The average molecular weight is 157 g/mol. The van der Waals surface area contributed by atoms with Gasteiger partial charge in [0, 0.05) is 12.6 Å². The molecule has 0 aliphatic carbocycles. The zero-order chi connectivity index (χ0) is 8.97. The molecule has 60 valence electrons. The molecule has 1 rings (SSSR count). The van der Waals surface area contributed by atoms with E-state index in [4.69, 9.17) is 6.42 Å². The lowest BCUT2D eigenvalue weighted by Gasteiger charge is -1.98. The van der Waals surface area contributed by atoms with Crippen molar-refractivity contribution in [1.29, 1.82) is 0 Å². The summed E-state index contributed by atoms with van der Waals surface area (Å²) in [4.78, 5) is 3.99. The van der Waals surface area contributed by atoms with Gasteiger partial charge in [-0.25, -0.2) is 0 Å². The van der Waals surface area contributed by atoms with E-state index in [1.807, 2.05) is 31.2 Å². The Balaban J connectivity index is 3.06. The lowest BCUT2D eigenvalue weighted by atomic mass is 10.1. The molecule has 0 amide bonds. The van der Waals surface area contributed by atoms with Crippen LogP contribution < -0.4 is 0 Å². The van der Waals surface area contributed by atoms with Gasteiger partial charge in [-0.3, -0.25) is 4.99 Å². The molecule has 0 fully saturated rings. The van der Waals surface area contributed by atoms with E-state index in [0.29, 0.717) is 5.71 Å². The van der Waals surface area contributed by atoms with Gasteiger partial charge in [-0.15, -0.1) is 6.42 Å². The van der Waals surface area contributed by atoms with Crippen LogP contribution in [-0.2, 0) is 0 Å². The standard InChI is InChI=1S/C11H11N/c1-4-11(12-3)10-7-5-9(2)6-8-10/h1,5-8H,2-3H3. The average Bonchev–Trinajstić information content (AvgIpc) is 2.10. The first-order valence-electron chi connectivity index (χ1n) is 3.78. The lowest BCUT2D eigenvalue weighted by Crippen LogP contribution is -1.95. The third kappa shape index (κ3) is 1.73. The summed E-state index contributed by atoms with van der Waals surface area (Å²) in [7, 11) is 1.70. The van der Waals surface area contributed by atoms with Crippen LogP contribution in [0.1, 0.15) is 11.1 Å². The molecule has 0 aliphatic heterocycles. The molecule has 0 atom stereocenters. The van der Waals surface area contributed by atoms with Crippen molar-refractivity contribution < 1.29 is 0 Å². The summed E-state index contributed by atoms with van der Waals surface area (Å²) in [6.45, 7) is 2.04. The number of terminal acetylenes is 1. The summed E-state index contributed by atoms with van der Waals surface area (Å²) in [6.07, 6.45) is 5.27. The lowest BCUT2D eigenvalue weighted by molar-refractivity contribution is 1.42. The quantitative estimate of drug-likeness (QED) is 0.437. The highest BCUT2D eigenvalue weighted by Crippen LogP contribution is 2.03. The van der Waals surface area contributed by atoms with Gasteiger partial charge in [-0.1, -0.05) is 35.7 Å². The number of benzene rings is 1. The maximum atomic E-state index is 5.27. The van der Waals surface area contributed by atoms with E-state index in [-0.39, 0.29) is 0 Å². The van der Waals surface area contributed by atoms with Gasteiger partial charge in [-0.05, 0) is 6.92 Å². The van der Waals surface area contributed by atoms with Crippen LogP contribution in [0.5, 0.6) is 0 Å². The number of aliphatic imine (C=N–C) groups is 1. The van der Waals surface area contributed by atoms with Gasteiger partial charge in [0.05, 0.1) is 0 Å². The van der Waals surface area contributed by atoms with Crippen molar-refractivity contribution in [2.24, 2.45) is 4.99 Å². The minimum Gasteiger partial charge on any atom is -0.279 e. The molecule has 12 heavy (non-hydrogen) atoms. The normalized spacial score (nSPS) is 10.9. The van der Waals surface area contributed by atoms with Gasteiger partial charge in [0.25, 0.3) is 0 Å². The molecule has 0 saturated heterocycles. The first-order valence-corrected chi connectivity index (χ1v) is 3.78. The Morgan fingerprint density at radius 2 is 1.92 bits per heavy atom. The third-order valence-corrected chi connectivity index (χ3v) is 1.69. The van der Waals surface area contributed by atoms with E-state index in [1.54, 1.807) is 7.05 Å². The molecule has 1 nitrogen and oxygen atoms in total. The van der Waals surface area contributed by atoms with Crippen LogP contribution >= 0.6 is 0 Å². The van der Waals surface area contributed by atoms with Crippen LogP contribution in [0.2, 0.25) is 0 Å². The first-order chi connectivity index (χ1) is 5.77. The molecule has 0 saturated carbocycles. The van der Waals surface area contributed by atoms with Crippen LogP contribution in [0.15, 0.2) is 29.3 Å². The summed E-state index contributed by atoms with van der Waals surface area (Å²) in [5.74, 6) is 2.54. The highest BCUT2D eigenvalue weighted by atomic mass is 14.7. The Bertz CT molecular complexity index is 325. The van der Waals surface area contributed by atoms with E-state index in [2.05, 4.69) is 10.9 Å². The Hall–Kier alpha value is -1.55. The summed E-state index contributed by atoms with van der Waals surface area (Å²) in [5.41, 5.74) is 2.94. The fourth-order valence-electron chi connectivity index (χ4n) is 0.988. The van der Waals surface area contributed by atoms with Gasteiger partial charge in [-0.2, -0.15) is 0 Å². The van der Waals surface area contributed by atoms with Crippen molar-refractivity contribution in [3.05, 3.63) is 35.4 Å². The Labute approximate surface area is 73.2 Å². The molecule has 0 aliphatic rings. The molecule has 0 N–H and O–H groups in total. The fraction of sp³-hybridized carbons (Fsp3) is 0.182. The topological polar surface area (TPSA) is 12.4 Å². The number of hydrogen-bond donors (Lipinski definition) is 0. The predicted molar refractivity (Wildman–Crippen MR) is 52.5 cm³/mol. The van der Waals surface area contributed by atoms with Gasteiger partial charge in [0.15, 0.2) is 0 Å². The van der Waals surface area contributed by atoms with Crippen molar-refractivity contribution in [3.8, 4) is 12.3 Å². The highest BCUT2D eigenvalue weighted by molar-refractivity contribution is 6.12. The van der Waals surface area contributed by atoms with Gasteiger partial charge < -0.3 is 0 Å². The van der Waals surface area contributed by atoms with E-state index in [0.717, 1.165) is 5.56 Å². The maximum absolute atomic E-state index is 5.27. The zero-order valence-electron chi connectivity index (χ0n) is 7.33. The molecular formula is C11H11N. The van der Waals surface area contributed by atoms with Crippen LogP contribution in [-0.4, -0.2) is 12.8 Å². The van der Waals surface area contributed by atoms with Gasteiger partial charge in [0.1, 0.15) is 5.71 Å². The van der Waals surface area contributed by atoms with Gasteiger partial charge in [0.2, 0.25) is 0 Å². The number of hydrogen-bond acceptors (Lipinski definition) is 1. The molecule has 1 aromatic rings. The molecule has 0 spiro atoms. The zero-order valence-corrected chi connectivity index (χ0v) is 7.33. The second-order valence-corrected chi connectivity index (χ2v) is 2.58. The largest absolute Gasteiger partial charge is 0.279 e. The molecule has 1 heteroatoms. The molecule has 0 bridgehead atoms. The van der Waals surface area contributed by atoms with Crippen LogP contribution in [0.4, 0.5) is 0 Å². The third-order valence-electron chi connectivity index (χ3n) is 1.69. The maximum Gasteiger partial charge on any atom is 0.114 e. The van der Waals surface area contributed by atoms with Crippen LogP contribution in [0, 0.1) is 19.3 Å². The minimum atomic E-state index is 0.704. The smallest absolute Gasteiger partial charge is 0.114 e. The molecule has 0 radical (unpaired) electrons. The van der Waals surface area contributed by atoms with E-state index >= 15 is 0 Å². The second kappa shape index (κ2) is 3.73. The highest BCUT2D eigenvalue weighted by Gasteiger charge is 1.96. The molecular weight excluding hydrogens is 146 g/mol. The van der Waals surface area contributed by atoms with Crippen molar-refractivity contribution >= 4 is 5.71 Å². The van der Waals surface area contributed by atoms with Gasteiger partial charge >= 0.3 is 0 Å². The second-order valence-electron chi connectivity index (χ2n) is 2.58. The van der Waals surface area contributed by atoms with E-state index < -0.39 is 0 Å². The first kappa shape index (κ1) is 8.55. The minimum absolute atomic E-state index is 0.704. The SMILES string of the molecule is C#CC(=NC)c1ccc(C)cc1. The number of aryl methyl sites for hydroxylation is 1. The molecule has 0 unspecified atom stereocenters. The molecule has 0 heterocycles. The summed E-state index contributed by atoms with van der Waals surface area (Å²) in [6, 6.07) is 8.02. The van der Waals surface area contributed by atoms with Crippen molar-refractivity contribution in [2.45, 2.75) is 6.92 Å². The van der Waals surface area contributed by atoms with Crippen molar-refractivity contribution in [3.63, 3.8) is 0 Å². The van der Waals surface area contributed by atoms with Crippen molar-refractivity contribution in [1.82, 2.24) is 0 Å². The Morgan fingerprint density at radius 3 is 2.33 bits per heavy atom. The Morgan fingerprint density at radius 1 is 1.33 bits per heavy atom. The van der Waals surface area contributed by atoms with Crippen LogP contribution in [0.3, 0.4) is 0 Å². The fourth-order valence-corrected chi connectivity index (χ4v) is 0.988. The predicted octanol–water partition coefficient (Wildman–Crippen LogP) is 2.05. The molecule has 0 aromatic heterocycles. The number of nitrogens with zero attached hydrogens (tertiary/aromatic N) is 1. The summed E-state index contributed by atoms with van der Waals surface area (Å²) >= 11 is 0. The number of rotatable bonds is 1. The monoisotopic (exact) mass is 157 g/mol. The van der Waals surface area contributed by atoms with E-state index in [9.17, 15) is 0 Å². The molecule has 1 aromatic carbocycles. The summed E-state index contributed by atoms with van der Waals surface area (Å²) < 4.78 is 0. The van der Waals surface area contributed by atoms with Crippen molar-refractivity contribution in [2.75, 3.05) is 7.05 Å². The van der Waals surface area contributed by atoms with E-state index in [1.165, 1.54) is 5.56 Å².